The van der Waals surface area contributed by atoms with Crippen LogP contribution in [0.1, 0.15) is 39.7 Å². The van der Waals surface area contributed by atoms with Crippen LogP contribution < -0.4 is 16.1 Å². The predicted molar refractivity (Wildman–Crippen MR) is 145 cm³/mol. The van der Waals surface area contributed by atoms with Crippen LogP contribution in [0.5, 0.6) is 0 Å². The third-order valence-electron chi connectivity index (χ3n) is 5.91. The number of fused-ring (bicyclic) bond motifs is 1. The fraction of sp³-hybridized carbons (Fsp3) is 0.429. The highest BCUT2D eigenvalue weighted by molar-refractivity contribution is 5.91. The van der Waals surface area contributed by atoms with E-state index in [9.17, 15) is 14.4 Å². The van der Waals surface area contributed by atoms with Gasteiger partial charge in [0.1, 0.15) is 6.04 Å². The van der Waals surface area contributed by atoms with Crippen LogP contribution in [0.4, 0.5) is 0 Å². The number of aromatic nitrogens is 2. The summed E-state index contributed by atoms with van der Waals surface area (Å²) < 4.78 is 1.82. The summed E-state index contributed by atoms with van der Waals surface area (Å²) in [4.78, 5) is 41.2. The molecule has 206 valence electrons. The average Bonchev–Trinajstić information content (AvgIpc) is 3.40. The highest BCUT2D eigenvalue weighted by Crippen LogP contribution is 2.23. The van der Waals surface area contributed by atoms with Gasteiger partial charge in [0.2, 0.25) is 17.7 Å². The molecule has 2 atom stereocenters. The zero-order chi connectivity index (χ0) is 28.1. The molecule has 3 rings (SSSR count). The monoisotopic (exact) mass is 525 g/mol. The molecule has 3 aromatic rings. The fourth-order valence-corrected chi connectivity index (χ4v) is 3.92. The number of imidazole rings is 1. The Morgan fingerprint density at radius 1 is 1.05 bits per heavy atom. The Hall–Kier alpha value is -3.76. The first-order valence-corrected chi connectivity index (χ1v) is 12.6. The van der Waals surface area contributed by atoms with Crippen molar-refractivity contribution in [1.29, 1.82) is 0 Å². The Morgan fingerprint density at radius 2 is 1.76 bits per heavy atom. The lowest BCUT2D eigenvalue weighted by Gasteiger charge is -2.31. The first-order chi connectivity index (χ1) is 18.1. The van der Waals surface area contributed by atoms with E-state index in [0.717, 1.165) is 16.3 Å². The van der Waals surface area contributed by atoms with E-state index in [4.69, 9.17) is 10.3 Å². The maximum absolute atomic E-state index is 13.1. The molecule has 0 saturated heterocycles. The Balaban J connectivity index is 0.000000538. The second kappa shape index (κ2) is 14.8. The molecular formula is C28H39N5O5. The van der Waals surface area contributed by atoms with Crippen molar-refractivity contribution in [2.24, 2.45) is 11.3 Å². The topological polar surface area (TPSA) is 146 Å². The number of nitrogens with zero attached hydrogens (tertiary/aromatic N) is 2. The highest BCUT2D eigenvalue weighted by atomic mass is 16.5. The van der Waals surface area contributed by atoms with Crippen LogP contribution in [0.2, 0.25) is 0 Å². The molecule has 0 bridgehead atoms. The van der Waals surface area contributed by atoms with Crippen molar-refractivity contribution in [2.75, 3.05) is 13.2 Å². The SMILES string of the molecule is CCNC(=O)C(NC(=O)C(CC(=O)NO)Cc1ccc2ccccc2c1)C(C)(C)C.OCCn1ccnc1. The highest BCUT2D eigenvalue weighted by Gasteiger charge is 2.34. The zero-order valence-corrected chi connectivity index (χ0v) is 22.5. The van der Waals surface area contributed by atoms with Crippen molar-refractivity contribution < 1.29 is 24.7 Å². The largest absolute Gasteiger partial charge is 0.395 e. The Labute approximate surface area is 223 Å². The molecule has 0 fully saturated rings. The first kappa shape index (κ1) is 30.5. The average molecular weight is 526 g/mol. The number of hydroxylamine groups is 1. The molecule has 38 heavy (non-hydrogen) atoms. The number of benzene rings is 2. The number of aliphatic hydroxyl groups is 1. The summed E-state index contributed by atoms with van der Waals surface area (Å²) in [5.41, 5.74) is 1.98. The number of likely N-dealkylation sites (N-methyl/N-ethyl adjacent to an activating group) is 1. The van der Waals surface area contributed by atoms with Crippen LogP contribution in [-0.4, -0.2) is 56.8 Å². The van der Waals surface area contributed by atoms with Gasteiger partial charge in [0, 0.05) is 31.9 Å². The van der Waals surface area contributed by atoms with Gasteiger partial charge in [-0.05, 0) is 35.1 Å². The quantitative estimate of drug-likeness (QED) is 0.203. The zero-order valence-electron chi connectivity index (χ0n) is 22.5. The van der Waals surface area contributed by atoms with Crippen molar-refractivity contribution >= 4 is 28.5 Å². The minimum absolute atomic E-state index is 0.177. The first-order valence-electron chi connectivity index (χ1n) is 12.6. The van der Waals surface area contributed by atoms with Gasteiger partial charge >= 0.3 is 0 Å². The lowest BCUT2D eigenvalue weighted by Crippen LogP contribution is -2.55. The molecule has 1 aromatic heterocycles. The van der Waals surface area contributed by atoms with Gasteiger partial charge in [-0.3, -0.25) is 19.6 Å². The molecule has 2 unspecified atom stereocenters. The van der Waals surface area contributed by atoms with Crippen molar-refractivity contribution in [1.82, 2.24) is 25.7 Å². The van der Waals surface area contributed by atoms with Crippen LogP contribution in [0.15, 0.2) is 61.2 Å². The standard InChI is InChI=1S/C23H31N3O4.C5H8N2O/c1-5-24-22(29)20(23(2,3)4)25-21(28)18(14-19(27)26-30)13-15-10-11-16-8-6-7-9-17(16)12-15;8-4-3-7-2-1-6-5-7/h6-12,18,20,30H,5,13-14H2,1-4H3,(H,24,29)(H,25,28)(H,26,27);1-2,5,8H,3-4H2. The number of amides is 3. The summed E-state index contributed by atoms with van der Waals surface area (Å²) in [5, 5.41) is 25.0. The number of rotatable bonds is 10. The van der Waals surface area contributed by atoms with Crippen LogP contribution >= 0.6 is 0 Å². The molecule has 10 heteroatoms. The van der Waals surface area contributed by atoms with E-state index in [1.807, 2.05) is 80.9 Å². The van der Waals surface area contributed by atoms with E-state index in [1.165, 1.54) is 0 Å². The smallest absolute Gasteiger partial charge is 0.244 e. The summed E-state index contributed by atoms with van der Waals surface area (Å²) >= 11 is 0. The summed E-state index contributed by atoms with van der Waals surface area (Å²) in [5.74, 6) is -2.06. The second-order valence-corrected chi connectivity index (χ2v) is 10.0. The van der Waals surface area contributed by atoms with E-state index < -0.39 is 29.2 Å². The molecule has 10 nitrogen and oxygen atoms in total. The van der Waals surface area contributed by atoms with E-state index in [1.54, 1.807) is 18.0 Å². The molecule has 0 aliphatic carbocycles. The van der Waals surface area contributed by atoms with Gasteiger partial charge in [-0.2, -0.15) is 0 Å². The summed E-state index contributed by atoms with van der Waals surface area (Å²) in [6.07, 6.45) is 5.29. The molecule has 0 aliphatic rings. The van der Waals surface area contributed by atoms with Crippen molar-refractivity contribution in [3.05, 3.63) is 66.7 Å². The molecule has 0 aliphatic heterocycles. The van der Waals surface area contributed by atoms with Crippen LogP contribution in [-0.2, 0) is 27.3 Å². The molecule has 1 heterocycles. The van der Waals surface area contributed by atoms with Gasteiger partial charge < -0.3 is 20.3 Å². The van der Waals surface area contributed by atoms with Crippen molar-refractivity contribution in [2.45, 2.75) is 53.1 Å². The molecule has 0 spiro atoms. The Bertz CT molecular complexity index is 1170. The van der Waals surface area contributed by atoms with E-state index in [-0.39, 0.29) is 18.9 Å². The molecular weight excluding hydrogens is 486 g/mol. The third-order valence-corrected chi connectivity index (χ3v) is 5.91. The van der Waals surface area contributed by atoms with Crippen molar-refractivity contribution in [3.8, 4) is 0 Å². The van der Waals surface area contributed by atoms with E-state index in [2.05, 4.69) is 15.6 Å². The lowest BCUT2D eigenvalue weighted by atomic mass is 9.85. The van der Waals surface area contributed by atoms with Crippen LogP contribution in [0.3, 0.4) is 0 Å². The summed E-state index contributed by atoms with van der Waals surface area (Å²) in [6.45, 7) is 8.68. The third kappa shape index (κ3) is 9.60. The second-order valence-electron chi connectivity index (χ2n) is 10.0. The normalized spacial score (nSPS) is 12.6. The number of hydrogen-bond acceptors (Lipinski definition) is 6. The predicted octanol–water partition coefficient (Wildman–Crippen LogP) is 2.44. The molecule has 5 N–H and O–H groups in total. The van der Waals surface area contributed by atoms with Gasteiger partial charge in [-0.15, -0.1) is 0 Å². The minimum atomic E-state index is -0.749. The number of nitrogens with one attached hydrogen (secondary N) is 3. The Morgan fingerprint density at radius 3 is 2.34 bits per heavy atom. The lowest BCUT2D eigenvalue weighted by molar-refractivity contribution is -0.137. The van der Waals surface area contributed by atoms with E-state index in [0.29, 0.717) is 19.5 Å². The number of aliphatic hydroxyl groups excluding tert-OH is 1. The number of carbonyl (C=O) groups is 3. The van der Waals surface area contributed by atoms with Crippen LogP contribution in [0, 0.1) is 11.3 Å². The molecule has 3 amide bonds. The molecule has 0 saturated carbocycles. The van der Waals surface area contributed by atoms with Gasteiger partial charge in [0.25, 0.3) is 0 Å². The van der Waals surface area contributed by atoms with Gasteiger partial charge in [0.05, 0.1) is 18.9 Å². The number of carbonyl (C=O) groups excluding carboxylic acids is 3. The summed E-state index contributed by atoms with van der Waals surface area (Å²) in [6, 6.07) is 13.0. The van der Waals surface area contributed by atoms with E-state index >= 15 is 0 Å². The van der Waals surface area contributed by atoms with Gasteiger partial charge in [0.15, 0.2) is 0 Å². The molecule has 2 aromatic carbocycles. The van der Waals surface area contributed by atoms with Crippen LogP contribution in [0.25, 0.3) is 10.8 Å². The summed E-state index contributed by atoms with van der Waals surface area (Å²) in [7, 11) is 0. The fourth-order valence-electron chi connectivity index (χ4n) is 3.92. The Kier molecular flexibility index (Phi) is 11.9. The maximum Gasteiger partial charge on any atom is 0.244 e. The van der Waals surface area contributed by atoms with Crippen molar-refractivity contribution in [3.63, 3.8) is 0 Å². The van der Waals surface area contributed by atoms with Gasteiger partial charge in [-0.25, -0.2) is 10.5 Å². The van der Waals surface area contributed by atoms with Gasteiger partial charge in [-0.1, -0.05) is 63.2 Å². The number of hydrogen-bond donors (Lipinski definition) is 5. The minimum Gasteiger partial charge on any atom is -0.395 e. The maximum atomic E-state index is 13.1. The molecule has 0 radical (unpaired) electrons.